The first kappa shape index (κ1) is 24.6. The summed E-state index contributed by atoms with van der Waals surface area (Å²) in [5.41, 5.74) is 6.24. The SMILES string of the molecule is CCCCN=C(NC(=O)C1CCC(Cl)C(F)C1)NC1CC(C2CC(F)CC(F)C2)NN1. The molecule has 3 aliphatic rings. The zero-order valence-corrected chi connectivity index (χ0v) is 18.8. The molecule has 7 unspecified atom stereocenters. The molecule has 1 heterocycles. The summed E-state index contributed by atoms with van der Waals surface area (Å²) >= 11 is 5.93. The first-order chi connectivity index (χ1) is 14.9. The van der Waals surface area contributed by atoms with Gasteiger partial charge in [-0.25, -0.2) is 18.6 Å². The summed E-state index contributed by atoms with van der Waals surface area (Å²) in [6.07, 6.45) is 0.658. The largest absolute Gasteiger partial charge is 0.339 e. The number of hydrogen-bond acceptors (Lipinski definition) is 4. The number of carbonyl (C=O) groups excluding carboxylic acids is 1. The summed E-state index contributed by atoms with van der Waals surface area (Å²) in [7, 11) is 0. The van der Waals surface area contributed by atoms with E-state index >= 15 is 0 Å². The summed E-state index contributed by atoms with van der Waals surface area (Å²) in [6.45, 7) is 2.61. The highest BCUT2D eigenvalue weighted by molar-refractivity contribution is 6.21. The van der Waals surface area contributed by atoms with Crippen LogP contribution in [0.15, 0.2) is 4.99 Å². The average Bonchev–Trinajstić information content (AvgIpc) is 3.18. The Morgan fingerprint density at radius 2 is 1.81 bits per heavy atom. The van der Waals surface area contributed by atoms with E-state index in [4.69, 9.17) is 11.6 Å². The number of alkyl halides is 4. The molecule has 6 nitrogen and oxygen atoms in total. The van der Waals surface area contributed by atoms with Gasteiger partial charge in [0.1, 0.15) is 18.5 Å². The van der Waals surface area contributed by atoms with Crippen molar-refractivity contribution < 1.29 is 18.0 Å². The number of nitrogens with zero attached hydrogens (tertiary/aromatic N) is 1. The lowest BCUT2D eigenvalue weighted by Gasteiger charge is -2.31. The number of unbranched alkanes of at least 4 members (excludes halogenated alkanes) is 1. The molecule has 3 fully saturated rings. The summed E-state index contributed by atoms with van der Waals surface area (Å²) < 4.78 is 41.5. The Kier molecular flexibility index (Phi) is 9.28. The van der Waals surface area contributed by atoms with Crippen molar-refractivity contribution in [3.63, 3.8) is 0 Å². The Morgan fingerprint density at radius 1 is 1.06 bits per heavy atom. The predicted octanol–water partition coefficient (Wildman–Crippen LogP) is 3.26. The third-order valence-electron chi connectivity index (χ3n) is 6.53. The Hall–Kier alpha value is -1.06. The van der Waals surface area contributed by atoms with Crippen molar-refractivity contribution in [2.45, 2.75) is 101 Å². The summed E-state index contributed by atoms with van der Waals surface area (Å²) in [5.74, 6) is -0.433. The lowest BCUT2D eigenvalue weighted by Crippen LogP contribution is -2.52. The number of carbonyl (C=O) groups is 1. The van der Waals surface area contributed by atoms with E-state index in [0.29, 0.717) is 44.6 Å². The van der Waals surface area contributed by atoms with E-state index in [-0.39, 0.29) is 36.9 Å². The van der Waals surface area contributed by atoms with Gasteiger partial charge in [0.05, 0.1) is 11.5 Å². The number of hydrogen-bond donors (Lipinski definition) is 4. The van der Waals surface area contributed by atoms with Gasteiger partial charge in [-0.2, -0.15) is 0 Å². The number of rotatable bonds is 6. The van der Waals surface area contributed by atoms with E-state index in [9.17, 15) is 18.0 Å². The quantitative estimate of drug-likeness (QED) is 0.210. The Balaban J connectivity index is 1.54. The lowest BCUT2D eigenvalue weighted by molar-refractivity contribution is -0.125. The minimum atomic E-state index is -1.18. The molecule has 10 heteroatoms. The van der Waals surface area contributed by atoms with Gasteiger partial charge >= 0.3 is 0 Å². The van der Waals surface area contributed by atoms with Crippen LogP contribution in [-0.4, -0.2) is 54.5 Å². The number of halogens is 4. The minimum Gasteiger partial charge on any atom is -0.339 e. The highest BCUT2D eigenvalue weighted by Crippen LogP contribution is 2.33. The Bertz CT molecular complexity index is 618. The van der Waals surface area contributed by atoms with E-state index < -0.39 is 29.8 Å². The van der Waals surface area contributed by atoms with Crippen LogP contribution in [-0.2, 0) is 4.79 Å². The van der Waals surface area contributed by atoms with E-state index in [0.717, 1.165) is 12.8 Å². The molecule has 1 aliphatic heterocycles. The van der Waals surface area contributed by atoms with E-state index in [2.05, 4.69) is 33.4 Å². The maximum atomic E-state index is 13.9. The summed E-state index contributed by atoms with van der Waals surface area (Å²) in [5, 5.41) is 5.48. The standard InChI is InChI=1S/C21H35ClF3N5O/c1-2-3-6-26-21(28-20(31)12-4-5-16(22)17(25)9-12)27-19-11-18(29-30-19)13-7-14(23)10-15(24)8-13/h12-19,29-30H,2-11H2,1H3,(H2,26,27,28,31). The molecule has 1 amide bonds. The highest BCUT2D eigenvalue weighted by Gasteiger charge is 2.38. The number of amides is 1. The van der Waals surface area contributed by atoms with Crippen molar-refractivity contribution in [2.75, 3.05) is 6.54 Å². The second kappa shape index (κ2) is 11.7. The van der Waals surface area contributed by atoms with Crippen molar-refractivity contribution in [2.24, 2.45) is 16.8 Å². The molecule has 0 radical (unpaired) electrons. The smallest absolute Gasteiger partial charge is 0.229 e. The topological polar surface area (TPSA) is 77.5 Å². The fraction of sp³-hybridized carbons (Fsp3) is 0.905. The third kappa shape index (κ3) is 7.22. The number of aliphatic imine (C=N–C) groups is 1. The van der Waals surface area contributed by atoms with Gasteiger partial charge in [0.2, 0.25) is 5.91 Å². The van der Waals surface area contributed by atoms with Crippen LogP contribution in [0.3, 0.4) is 0 Å². The van der Waals surface area contributed by atoms with Crippen LogP contribution in [0.1, 0.15) is 64.7 Å². The van der Waals surface area contributed by atoms with Crippen molar-refractivity contribution in [3.8, 4) is 0 Å². The number of nitrogens with one attached hydrogen (secondary N) is 4. The van der Waals surface area contributed by atoms with Crippen molar-refractivity contribution in [1.82, 2.24) is 21.5 Å². The molecular formula is C21H35ClF3N5O. The van der Waals surface area contributed by atoms with Gasteiger partial charge in [-0.1, -0.05) is 13.3 Å². The van der Waals surface area contributed by atoms with Crippen LogP contribution in [0.25, 0.3) is 0 Å². The van der Waals surface area contributed by atoms with Crippen LogP contribution in [0.5, 0.6) is 0 Å². The second-order valence-corrected chi connectivity index (χ2v) is 9.67. The molecule has 0 spiro atoms. The monoisotopic (exact) mass is 465 g/mol. The normalized spacial score (nSPS) is 39.3. The van der Waals surface area contributed by atoms with Crippen LogP contribution in [0.2, 0.25) is 0 Å². The van der Waals surface area contributed by atoms with Crippen LogP contribution in [0, 0.1) is 11.8 Å². The van der Waals surface area contributed by atoms with Gasteiger partial charge < -0.3 is 5.32 Å². The van der Waals surface area contributed by atoms with Gasteiger partial charge in [0.25, 0.3) is 0 Å². The maximum absolute atomic E-state index is 13.9. The highest BCUT2D eigenvalue weighted by atomic mass is 35.5. The molecule has 0 aromatic carbocycles. The molecule has 0 bridgehead atoms. The number of guanidine groups is 1. The number of hydrazine groups is 1. The molecule has 2 saturated carbocycles. The van der Waals surface area contributed by atoms with Crippen LogP contribution < -0.4 is 21.5 Å². The first-order valence-corrected chi connectivity index (χ1v) is 12.0. The van der Waals surface area contributed by atoms with Gasteiger partial charge in [0.15, 0.2) is 5.96 Å². The molecule has 31 heavy (non-hydrogen) atoms. The fourth-order valence-electron chi connectivity index (χ4n) is 4.71. The molecular weight excluding hydrogens is 431 g/mol. The van der Waals surface area contributed by atoms with Gasteiger partial charge in [-0.05, 0) is 50.9 Å². The summed E-state index contributed by atoms with van der Waals surface area (Å²) in [4.78, 5) is 17.2. The lowest BCUT2D eigenvalue weighted by atomic mass is 9.81. The third-order valence-corrected chi connectivity index (χ3v) is 7.02. The molecule has 178 valence electrons. The average molecular weight is 466 g/mol. The fourth-order valence-corrected chi connectivity index (χ4v) is 4.94. The molecule has 4 N–H and O–H groups in total. The first-order valence-electron chi connectivity index (χ1n) is 11.5. The molecule has 3 rings (SSSR count). The second-order valence-electron chi connectivity index (χ2n) is 9.10. The van der Waals surface area contributed by atoms with E-state index in [1.807, 2.05) is 0 Å². The zero-order chi connectivity index (χ0) is 22.4. The molecule has 0 aromatic rings. The van der Waals surface area contributed by atoms with Gasteiger partial charge in [-0.3, -0.25) is 20.5 Å². The molecule has 2 aliphatic carbocycles. The van der Waals surface area contributed by atoms with E-state index in [1.54, 1.807) is 0 Å². The summed E-state index contributed by atoms with van der Waals surface area (Å²) in [6, 6.07) is -0.0619. The van der Waals surface area contributed by atoms with Crippen LogP contribution >= 0.6 is 11.6 Å². The minimum absolute atomic E-state index is 0.00996. The molecule has 1 saturated heterocycles. The Morgan fingerprint density at radius 3 is 2.48 bits per heavy atom. The molecule has 7 atom stereocenters. The van der Waals surface area contributed by atoms with Crippen molar-refractivity contribution in [3.05, 3.63) is 0 Å². The zero-order valence-electron chi connectivity index (χ0n) is 18.1. The van der Waals surface area contributed by atoms with Gasteiger partial charge in [0, 0.05) is 24.9 Å². The molecule has 0 aromatic heterocycles. The van der Waals surface area contributed by atoms with Crippen LogP contribution in [0.4, 0.5) is 13.2 Å². The van der Waals surface area contributed by atoms with Gasteiger partial charge in [-0.15, -0.1) is 11.6 Å². The van der Waals surface area contributed by atoms with Crippen molar-refractivity contribution >= 4 is 23.5 Å². The van der Waals surface area contributed by atoms with Crippen molar-refractivity contribution in [1.29, 1.82) is 0 Å². The Labute approximate surface area is 187 Å². The van der Waals surface area contributed by atoms with E-state index in [1.165, 1.54) is 0 Å². The maximum Gasteiger partial charge on any atom is 0.229 e. The predicted molar refractivity (Wildman–Crippen MR) is 116 cm³/mol.